The molecular formula is C24H27N3O2. The number of hydrogen-bond donors (Lipinski definition) is 1. The molecule has 1 fully saturated rings. The highest BCUT2D eigenvalue weighted by Crippen LogP contribution is 2.49. The Morgan fingerprint density at radius 3 is 2.38 bits per heavy atom. The molecule has 0 bridgehead atoms. The van der Waals surface area contributed by atoms with Gasteiger partial charge in [-0.05, 0) is 47.2 Å². The monoisotopic (exact) mass is 389 g/mol. The van der Waals surface area contributed by atoms with Gasteiger partial charge in [0.15, 0.2) is 0 Å². The summed E-state index contributed by atoms with van der Waals surface area (Å²) in [6.07, 6.45) is 2.64. The van der Waals surface area contributed by atoms with Crippen LogP contribution in [0.4, 0.5) is 5.69 Å². The van der Waals surface area contributed by atoms with Gasteiger partial charge in [-0.25, -0.2) is 0 Å². The molecule has 5 heteroatoms. The second-order valence-electron chi connectivity index (χ2n) is 8.57. The number of anilines is 1. The van der Waals surface area contributed by atoms with Crippen LogP contribution < -0.4 is 5.32 Å². The molecule has 1 N–H and O–H groups in total. The van der Waals surface area contributed by atoms with E-state index in [4.69, 9.17) is 0 Å². The molecular weight excluding hydrogens is 362 g/mol. The van der Waals surface area contributed by atoms with E-state index in [9.17, 15) is 9.59 Å². The Morgan fingerprint density at radius 2 is 1.66 bits per heavy atom. The van der Waals surface area contributed by atoms with Gasteiger partial charge in [0, 0.05) is 51.3 Å². The number of benzene rings is 2. The van der Waals surface area contributed by atoms with Crippen molar-refractivity contribution in [3.05, 3.63) is 47.5 Å². The largest absolute Gasteiger partial charge is 0.375 e. The molecule has 29 heavy (non-hydrogen) atoms. The maximum atomic E-state index is 12.2. The van der Waals surface area contributed by atoms with Crippen molar-refractivity contribution >= 4 is 33.8 Å². The third-order valence-electron chi connectivity index (χ3n) is 7.04. The van der Waals surface area contributed by atoms with E-state index in [1.165, 1.54) is 33.2 Å². The number of carbonyl (C=O) groups excluding carboxylic acids is 2. The van der Waals surface area contributed by atoms with Crippen LogP contribution in [0.5, 0.6) is 0 Å². The van der Waals surface area contributed by atoms with Gasteiger partial charge >= 0.3 is 0 Å². The van der Waals surface area contributed by atoms with Gasteiger partial charge in [0.05, 0.1) is 5.54 Å². The van der Waals surface area contributed by atoms with Gasteiger partial charge in [-0.3, -0.25) is 9.59 Å². The van der Waals surface area contributed by atoms with Crippen molar-refractivity contribution in [2.45, 2.75) is 38.6 Å². The van der Waals surface area contributed by atoms with Crippen LogP contribution in [0.15, 0.2) is 42.0 Å². The molecule has 3 aliphatic rings. The van der Waals surface area contributed by atoms with Gasteiger partial charge in [-0.15, -0.1) is 0 Å². The average molecular weight is 389 g/mol. The Kier molecular flexibility index (Phi) is 4.16. The standard InChI is InChI=1S/C24H27N3O2/c1-16(28)26-13-10-24(11-14-26)21-15-27(17(2)29)12-9-20(21)23-19-6-4-3-5-18(19)7-8-22(23)25-24/h3-8,25H,9-15H2,1-2H3. The predicted molar refractivity (Wildman–Crippen MR) is 116 cm³/mol. The van der Waals surface area contributed by atoms with Crippen LogP contribution in [-0.2, 0) is 9.59 Å². The van der Waals surface area contributed by atoms with Gasteiger partial charge in [-0.2, -0.15) is 0 Å². The minimum absolute atomic E-state index is 0.136. The van der Waals surface area contributed by atoms with Crippen molar-refractivity contribution in [2.75, 3.05) is 31.5 Å². The normalized spacial score (nSPS) is 20.3. The molecule has 0 saturated carbocycles. The number of rotatable bonds is 0. The van der Waals surface area contributed by atoms with Gasteiger partial charge in [0.1, 0.15) is 0 Å². The third-order valence-corrected chi connectivity index (χ3v) is 7.04. The van der Waals surface area contributed by atoms with E-state index in [-0.39, 0.29) is 17.4 Å². The van der Waals surface area contributed by atoms with E-state index in [0.717, 1.165) is 38.9 Å². The van der Waals surface area contributed by atoms with E-state index >= 15 is 0 Å². The first kappa shape index (κ1) is 18.2. The molecule has 2 amide bonds. The summed E-state index contributed by atoms with van der Waals surface area (Å²) in [7, 11) is 0. The highest BCUT2D eigenvalue weighted by atomic mass is 16.2. The Balaban J connectivity index is 1.66. The minimum Gasteiger partial charge on any atom is -0.375 e. The molecule has 2 aromatic rings. The Morgan fingerprint density at radius 1 is 0.931 bits per heavy atom. The quantitative estimate of drug-likeness (QED) is 0.748. The number of carbonyl (C=O) groups is 2. The Hall–Kier alpha value is -2.82. The maximum Gasteiger partial charge on any atom is 0.219 e. The summed E-state index contributed by atoms with van der Waals surface area (Å²) in [5, 5.41) is 6.41. The second kappa shape index (κ2) is 6.61. The smallest absolute Gasteiger partial charge is 0.219 e. The first-order valence-electron chi connectivity index (χ1n) is 10.5. The number of nitrogens with zero attached hydrogens (tertiary/aromatic N) is 2. The lowest BCUT2D eigenvalue weighted by atomic mass is 9.71. The highest BCUT2D eigenvalue weighted by molar-refractivity contribution is 6.02. The van der Waals surface area contributed by atoms with E-state index in [0.29, 0.717) is 6.54 Å². The second-order valence-corrected chi connectivity index (χ2v) is 8.57. The van der Waals surface area contributed by atoms with Crippen molar-refractivity contribution in [1.29, 1.82) is 0 Å². The molecule has 0 atom stereocenters. The number of piperidine rings is 1. The zero-order valence-corrected chi connectivity index (χ0v) is 17.1. The summed E-state index contributed by atoms with van der Waals surface area (Å²) in [5.41, 5.74) is 5.08. The lowest BCUT2D eigenvalue weighted by Crippen LogP contribution is -2.56. The van der Waals surface area contributed by atoms with Crippen molar-refractivity contribution in [3.63, 3.8) is 0 Å². The molecule has 0 radical (unpaired) electrons. The van der Waals surface area contributed by atoms with Crippen LogP contribution in [0.3, 0.4) is 0 Å². The summed E-state index contributed by atoms with van der Waals surface area (Å²) in [6, 6.07) is 12.9. The zero-order valence-electron chi connectivity index (χ0n) is 17.1. The molecule has 1 spiro atoms. The number of amides is 2. The summed E-state index contributed by atoms with van der Waals surface area (Å²) in [4.78, 5) is 28.0. The molecule has 0 aliphatic carbocycles. The number of hydrogen-bond acceptors (Lipinski definition) is 3. The van der Waals surface area contributed by atoms with E-state index in [1.807, 2.05) is 9.80 Å². The number of fused-ring (bicyclic) bond motifs is 5. The van der Waals surface area contributed by atoms with Crippen molar-refractivity contribution in [3.8, 4) is 0 Å². The molecule has 0 aromatic heterocycles. The molecule has 5 nitrogen and oxygen atoms in total. The van der Waals surface area contributed by atoms with Crippen LogP contribution in [-0.4, -0.2) is 53.3 Å². The van der Waals surface area contributed by atoms with Gasteiger partial charge in [0.2, 0.25) is 11.8 Å². The average Bonchev–Trinajstić information content (AvgIpc) is 2.73. The third kappa shape index (κ3) is 2.83. The SMILES string of the molecule is CC(=O)N1CCC2(CC1)Nc1ccc3ccccc3c1C1=C2CN(C(C)=O)CC1. The van der Waals surface area contributed by atoms with Crippen LogP contribution in [0, 0.1) is 0 Å². The minimum atomic E-state index is -0.176. The fourth-order valence-corrected chi connectivity index (χ4v) is 5.41. The molecule has 3 aliphatic heterocycles. The van der Waals surface area contributed by atoms with Crippen LogP contribution in [0.2, 0.25) is 0 Å². The molecule has 150 valence electrons. The van der Waals surface area contributed by atoms with Crippen molar-refractivity contribution < 1.29 is 9.59 Å². The van der Waals surface area contributed by atoms with E-state index < -0.39 is 0 Å². The topological polar surface area (TPSA) is 52.7 Å². The Labute approximate surface area is 171 Å². The summed E-state index contributed by atoms with van der Waals surface area (Å²) in [5.74, 6) is 0.279. The van der Waals surface area contributed by atoms with Gasteiger partial charge in [-0.1, -0.05) is 30.3 Å². The van der Waals surface area contributed by atoms with Crippen molar-refractivity contribution in [2.24, 2.45) is 0 Å². The van der Waals surface area contributed by atoms with Gasteiger partial charge < -0.3 is 15.1 Å². The lowest BCUT2D eigenvalue weighted by Gasteiger charge is -2.50. The van der Waals surface area contributed by atoms with Crippen LogP contribution in [0.1, 0.15) is 38.7 Å². The molecule has 5 rings (SSSR count). The fraction of sp³-hybridized carbons (Fsp3) is 0.417. The fourth-order valence-electron chi connectivity index (χ4n) is 5.41. The summed E-state index contributed by atoms with van der Waals surface area (Å²) in [6.45, 7) is 6.27. The maximum absolute atomic E-state index is 12.2. The van der Waals surface area contributed by atoms with Crippen molar-refractivity contribution in [1.82, 2.24) is 9.80 Å². The van der Waals surface area contributed by atoms with Crippen LogP contribution >= 0.6 is 0 Å². The zero-order chi connectivity index (χ0) is 20.2. The first-order valence-corrected chi connectivity index (χ1v) is 10.5. The first-order chi connectivity index (χ1) is 14.0. The molecule has 3 heterocycles. The summed E-state index contributed by atoms with van der Waals surface area (Å²) < 4.78 is 0. The van der Waals surface area contributed by atoms with E-state index in [1.54, 1.807) is 13.8 Å². The highest BCUT2D eigenvalue weighted by Gasteiger charge is 2.45. The number of nitrogens with one attached hydrogen (secondary N) is 1. The summed E-state index contributed by atoms with van der Waals surface area (Å²) >= 11 is 0. The van der Waals surface area contributed by atoms with E-state index in [2.05, 4.69) is 41.7 Å². The number of likely N-dealkylation sites (tertiary alicyclic amines) is 1. The molecule has 2 aromatic carbocycles. The predicted octanol–water partition coefficient (Wildman–Crippen LogP) is 3.65. The van der Waals surface area contributed by atoms with Crippen LogP contribution in [0.25, 0.3) is 16.3 Å². The van der Waals surface area contributed by atoms with Gasteiger partial charge in [0.25, 0.3) is 0 Å². The molecule has 0 unspecified atom stereocenters. The Bertz CT molecular complexity index is 1050. The molecule has 1 saturated heterocycles. The lowest BCUT2D eigenvalue weighted by molar-refractivity contribution is -0.130.